The monoisotopic (exact) mass is 1820 g/mol. The number of halogens is 4. The Kier molecular flexibility index (Phi) is 29.9. The molecule has 33 nitrogen and oxygen atoms in total. The molecule has 3 amide bonds. The first-order chi connectivity index (χ1) is 64.5. The Bertz CT molecular complexity index is 5420. The van der Waals surface area contributed by atoms with Gasteiger partial charge >= 0.3 is 5.92 Å². The van der Waals surface area contributed by atoms with Crippen LogP contribution in [0, 0.1) is 39.9 Å². The number of ether oxygens (including phenoxy) is 6. The number of anilines is 9. The van der Waals surface area contributed by atoms with Gasteiger partial charge in [-0.2, -0.15) is 15.8 Å². The molecule has 18 rings (SSSR count). The fourth-order valence-electron chi connectivity index (χ4n) is 17.6. The normalized spacial score (nSPS) is 21.8. The number of aliphatic hydroxyl groups excluding tert-OH is 1. The molecule has 8 N–H and O–H groups in total. The van der Waals surface area contributed by atoms with Crippen LogP contribution in [0.15, 0.2) is 164 Å². The number of piperazine rings is 3. The largest absolute Gasteiger partial charge is 0.486 e. The van der Waals surface area contributed by atoms with Gasteiger partial charge in [-0.3, -0.25) is 29.1 Å². The van der Waals surface area contributed by atoms with Crippen LogP contribution in [-0.4, -0.2) is 313 Å². The number of carbonyl (C=O) groups is 3. The van der Waals surface area contributed by atoms with Crippen LogP contribution in [-0.2, 0) is 28.6 Å². The number of nitrogens with two attached hydrogens (primary N) is 2. The summed E-state index contributed by atoms with van der Waals surface area (Å²) in [5.41, 5.74) is 19.9. The number of amides is 3. The summed E-state index contributed by atoms with van der Waals surface area (Å²) in [6, 6.07) is 51.4. The van der Waals surface area contributed by atoms with Crippen molar-refractivity contribution in [3.05, 3.63) is 181 Å². The predicted molar refractivity (Wildman–Crippen MR) is 491 cm³/mol. The minimum absolute atomic E-state index is 0.00352. The smallest absolute Gasteiger partial charge is 0.301 e. The highest BCUT2D eigenvalue weighted by Crippen LogP contribution is 2.39. The summed E-state index contributed by atoms with van der Waals surface area (Å²) >= 11 is 0. The molecule has 6 aromatic carbocycles. The average molecular weight is 1820 g/mol. The summed E-state index contributed by atoms with van der Waals surface area (Å²) in [6.45, 7) is 20.8. The van der Waals surface area contributed by atoms with Crippen LogP contribution in [0.25, 0.3) is 34.2 Å². The third kappa shape index (κ3) is 22.9. The molecule has 8 atom stereocenters. The maximum Gasteiger partial charge on any atom is 0.301 e. The summed E-state index contributed by atoms with van der Waals surface area (Å²) in [4.78, 5) is 81.6. The molecule has 9 aromatic rings. The van der Waals surface area contributed by atoms with Crippen molar-refractivity contribution in [1.82, 2.24) is 59.3 Å². The van der Waals surface area contributed by atoms with Crippen molar-refractivity contribution in [3.63, 3.8) is 0 Å². The number of piperidine rings is 3. The van der Waals surface area contributed by atoms with Gasteiger partial charge in [-0.15, -0.1) is 0 Å². The van der Waals surface area contributed by atoms with Gasteiger partial charge in [0.15, 0.2) is 35.9 Å². The SMILES string of the molecule is C[C@@H](N)C(=O)N1CC[C@H](Oc2ccc(-c3nccc(Nc4ccc(N5CCN(C6COC6)CC5)cc4)n3)cc2C#N)[C@H](F)C1.C[C@@H]1CN(C(=O)CO)CC(F)(F)[C@H]1Oc1ccc(-c2nccc(Nc3ccc(N4CCN(C5COC5)CC4)cc3)n2)cc1C#N.C[C@H](N)C(=O)N1CC[C@H](Oc2ccc(-c3nccc(Nc4ccc(N5CCN(C6COC6)CC5)cc4)n3)cc2C#N)[C@H](F)C1. The number of nitriles is 3. The molecule has 9 saturated heterocycles. The van der Waals surface area contributed by atoms with Crippen molar-refractivity contribution in [3.8, 4) is 69.6 Å². The Labute approximate surface area is 769 Å². The standard InChI is InChI=1S/C32H35F2N7O4.2C32H37FN8O3/c1-21-16-41(29(43)17-42)20-32(33,34)30(21)45-27-7-2-22(14-23(27)15-35)31-36-9-8-28(38-31)37-24-3-5-25(6-4-24)39-10-12-40(13-11-39)26-18-44-19-26;2*1-21(35)32(42)41-11-9-29(27(33)18-41)44-28-7-2-22(16-23(28)17-34)31-36-10-8-30(38-31)37-24-3-5-25(6-4-24)39-12-14-40(15-13-39)26-19-43-20-26/h2-9,14,21,26,30,42H,10-13,16-20H2,1H3,(H,36,37,38);2*2-8,10,16,21,26-27,29H,9,11-15,18-20,35H2,1H3,(H,36,37,38)/t21-,30+;21-,27+,29-;21-,27-,29+/m101/s1. The maximum absolute atomic E-state index is 15.0. The van der Waals surface area contributed by atoms with Crippen LogP contribution in [0.3, 0.4) is 0 Å². The highest BCUT2D eigenvalue weighted by molar-refractivity contribution is 5.82. The number of hydrogen-bond acceptors (Lipinski definition) is 30. The fraction of sp³-hybridized carbons (Fsp3) is 0.438. The summed E-state index contributed by atoms with van der Waals surface area (Å²) in [5, 5.41) is 48.5. The Hall–Kier alpha value is -13.0. The van der Waals surface area contributed by atoms with Gasteiger partial charge < -0.3 is 90.3 Å². The summed E-state index contributed by atoms with van der Waals surface area (Å²) < 4.78 is 93.4. The van der Waals surface area contributed by atoms with Crippen molar-refractivity contribution in [2.45, 2.75) is 100 Å². The second-order valence-electron chi connectivity index (χ2n) is 34.7. The number of hydrogen-bond donors (Lipinski definition) is 6. The fourth-order valence-corrected chi connectivity index (χ4v) is 17.6. The van der Waals surface area contributed by atoms with Crippen molar-refractivity contribution in [2.24, 2.45) is 17.4 Å². The number of carbonyl (C=O) groups excluding carboxylic acids is 3. The van der Waals surface area contributed by atoms with E-state index in [1.165, 1.54) is 33.3 Å². The molecule has 0 spiro atoms. The molecule has 3 aromatic heterocycles. The Morgan fingerprint density at radius 2 is 0.789 bits per heavy atom. The number of nitrogens with zero attached hydrogens (tertiary/aromatic N) is 18. The van der Waals surface area contributed by atoms with E-state index >= 15 is 8.78 Å². The predicted octanol–water partition coefficient (Wildman–Crippen LogP) is 9.02. The van der Waals surface area contributed by atoms with Crippen LogP contribution < -0.4 is 56.3 Å². The molecule has 0 bridgehead atoms. The molecule has 12 heterocycles. The van der Waals surface area contributed by atoms with Gasteiger partial charge in [0.2, 0.25) is 17.7 Å². The minimum atomic E-state index is -3.38. The lowest BCUT2D eigenvalue weighted by molar-refractivity contribution is -0.174. The second kappa shape index (κ2) is 42.7. The molecule has 9 aliphatic heterocycles. The summed E-state index contributed by atoms with van der Waals surface area (Å²) in [5.74, 6) is -1.87. The zero-order valence-corrected chi connectivity index (χ0v) is 74.4. The first-order valence-corrected chi connectivity index (χ1v) is 45.1. The van der Waals surface area contributed by atoms with E-state index in [1.807, 2.05) is 42.5 Å². The van der Waals surface area contributed by atoms with Crippen LogP contribution in [0.1, 0.15) is 50.3 Å². The lowest BCUT2D eigenvalue weighted by Gasteiger charge is -2.43. The molecule has 133 heavy (non-hydrogen) atoms. The van der Waals surface area contributed by atoms with Gasteiger partial charge in [-0.25, -0.2) is 47.5 Å². The van der Waals surface area contributed by atoms with Crippen LogP contribution in [0.5, 0.6) is 17.2 Å². The number of benzene rings is 6. The molecule has 0 aliphatic carbocycles. The minimum Gasteiger partial charge on any atom is -0.486 e. The molecule has 0 unspecified atom stereocenters. The van der Waals surface area contributed by atoms with Crippen LogP contribution >= 0.6 is 0 Å². The summed E-state index contributed by atoms with van der Waals surface area (Å²) in [6.07, 6.45) is -0.356. The quantitative estimate of drug-likeness (QED) is 0.0307. The van der Waals surface area contributed by atoms with Crippen molar-refractivity contribution < 1.29 is 65.5 Å². The molecule has 696 valence electrons. The Balaban J connectivity index is 0.000000145. The lowest BCUT2D eigenvalue weighted by atomic mass is 9.93. The number of rotatable bonds is 24. The van der Waals surface area contributed by atoms with E-state index in [9.17, 15) is 39.0 Å². The molecule has 9 aliphatic rings. The van der Waals surface area contributed by atoms with Gasteiger partial charge in [0.1, 0.15) is 71.7 Å². The molecule has 0 saturated carbocycles. The maximum atomic E-state index is 15.0. The first kappa shape index (κ1) is 93.2. The van der Waals surface area contributed by atoms with Gasteiger partial charge in [-0.05, 0) is 159 Å². The van der Waals surface area contributed by atoms with Crippen LogP contribution in [0.2, 0.25) is 0 Å². The average Bonchev–Trinajstić information content (AvgIpc) is 0.774. The number of alkyl halides is 4. The van der Waals surface area contributed by atoms with Gasteiger partial charge in [0.05, 0.1) is 106 Å². The third-order valence-corrected chi connectivity index (χ3v) is 25.4. The van der Waals surface area contributed by atoms with E-state index in [-0.39, 0.29) is 65.4 Å². The zero-order valence-electron chi connectivity index (χ0n) is 74.4. The lowest BCUT2D eigenvalue weighted by Crippen LogP contribution is -2.59. The van der Waals surface area contributed by atoms with Crippen molar-refractivity contribution in [2.75, 3.05) is 195 Å². The van der Waals surface area contributed by atoms with E-state index in [2.05, 4.69) is 124 Å². The number of nitrogens with one attached hydrogen (secondary N) is 3. The highest BCUT2D eigenvalue weighted by atomic mass is 19.3. The molecule has 37 heteroatoms. The van der Waals surface area contributed by atoms with Gasteiger partial charge in [0.25, 0.3) is 0 Å². The van der Waals surface area contributed by atoms with Crippen LogP contribution in [0.4, 0.5) is 69.1 Å². The van der Waals surface area contributed by atoms with Crippen molar-refractivity contribution >= 4 is 69.3 Å². The Morgan fingerprint density at radius 3 is 1.07 bits per heavy atom. The topological polar surface area (TPSA) is 393 Å². The van der Waals surface area contributed by atoms with E-state index < -0.39 is 73.6 Å². The van der Waals surface area contributed by atoms with Gasteiger partial charge in [-0.1, -0.05) is 6.92 Å². The Morgan fingerprint density at radius 1 is 0.466 bits per heavy atom. The van der Waals surface area contributed by atoms with Gasteiger partial charge in [0, 0.05) is 186 Å². The number of likely N-dealkylation sites (tertiary alicyclic amines) is 3. The molecule has 9 fully saturated rings. The number of aromatic nitrogens is 6. The first-order valence-electron chi connectivity index (χ1n) is 45.1. The van der Waals surface area contributed by atoms with Crippen molar-refractivity contribution in [1.29, 1.82) is 15.8 Å². The second-order valence-corrected chi connectivity index (χ2v) is 34.7. The summed E-state index contributed by atoms with van der Waals surface area (Å²) in [7, 11) is 0. The van der Waals surface area contributed by atoms with E-state index in [0.717, 1.165) is 146 Å². The highest BCUT2D eigenvalue weighted by Gasteiger charge is 2.52. The third-order valence-electron chi connectivity index (χ3n) is 25.4. The molecule has 0 radical (unpaired) electrons. The van der Waals surface area contributed by atoms with E-state index in [0.29, 0.717) is 95.7 Å². The molecular formula is C96H109F4N23O10. The van der Waals surface area contributed by atoms with E-state index in [1.54, 1.807) is 100 Å². The van der Waals surface area contributed by atoms with E-state index in [4.69, 9.17) is 45.0 Å². The number of aliphatic hydroxyl groups is 1. The zero-order chi connectivity index (χ0) is 92.8. The molecular weight excluding hydrogens is 1710 g/mol.